The van der Waals surface area contributed by atoms with E-state index in [1.807, 2.05) is 30.3 Å². The van der Waals surface area contributed by atoms with Crippen molar-refractivity contribution in [2.45, 2.75) is 18.9 Å². The number of nitrogens with zero attached hydrogens (tertiary/aromatic N) is 1. The fourth-order valence-electron chi connectivity index (χ4n) is 2.76. The van der Waals surface area contributed by atoms with Crippen LogP contribution in [0.2, 0.25) is 0 Å². The SMILES string of the molecule is CN1CCC(Oc2cccc(-c3cccc(N)c3)c2)CC1. The first-order valence-electron chi connectivity index (χ1n) is 7.52. The van der Waals surface area contributed by atoms with Crippen LogP contribution in [0.25, 0.3) is 11.1 Å². The molecule has 0 radical (unpaired) electrons. The molecule has 0 atom stereocenters. The maximum absolute atomic E-state index is 6.14. The van der Waals surface area contributed by atoms with E-state index in [2.05, 4.69) is 30.1 Å². The summed E-state index contributed by atoms with van der Waals surface area (Å²) >= 11 is 0. The average Bonchev–Trinajstić information content (AvgIpc) is 2.50. The first-order chi connectivity index (χ1) is 10.2. The Balaban J connectivity index is 1.74. The molecule has 3 nitrogen and oxygen atoms in total. The van der Waals surface area contributed by atoms with Crippen molar-refractivity contribution in [2.75, 3.05) is 25.9 Å². The monoisotopic (exact) mass is 282 g/mol. The Kier molecular flexibility index (Phi) is 4.11. The number of rotatable bonds is 3. The molecule has 2 N–H and O–H groups in total. The Hall–Kier alpha value is -2.00. The lowest BCUT2D eigenvalue weighted by atomic mass is 10.0. The van der Waals surface area contributed by atoms with Crippen LogP contribution in [0.15, 0.2) is 48.5 Å². The average molecular weight is 282 g/mol. The standard InChI is InChI=1S/C18H22N2O/c1-20-10-8-17(9-11-20)21-18-7-3-5-15(13-18)14-4-2-6-16(19)12-14/h2-7,12-13,17H,8-11,19H2,1H3. The summed E-state index contributed by atoms with van der Waals surface area (Å²) < 4.78 is 6.14. The molecular formula is C18H22N2O. The molecule has 21 heavy (non-hydrogen) atoms. The van der Waals surface area contributed by atoms with Gasteiger partial charge in [0.1, 0.15) is 11.9 Å². The van der Waals surface area contributed by atoms with Crippen molar-refractivity contribution in [2.24, 2.45) is 0 Å². The zero-order valence-corrected chi connectivity index (χ0v) is 12.5. The van der Waals surface area contributed by atoms with Crippen molar-refractivity contribution in [3.63, 3.8) is 0 Å². The minimum absolute atomic E-state index is 0.331. The van der Waals surface area contributed by atoms with E-state index in [1.54, 1.807) is 0 Å². The predicted molar refractivity (Wildman–Crippen MR) is 87.4 cm³/mol. The fraction of sp³-hybridized carbons (Fsp3) is 0.333. The van der Waals surface area contributed by atoms with Gasteiger partial charge in [-0.05, 0) is 55.3 Å². The summed E-state index contributed by atoms with van der Waals surface area (Å²) in [4.78, 5) is 2.35. The van der Waals surface area contributed by atoms with Gasteiger partial charge in [0.05, 0.1) is 0 Å². The quantitative estimate of drug-likeness (QED) is 0.877. The zero-order chi connectivity index (χ0) is 14.7. The molecule has 0 aromatic heterocycles. The van der Waals surface area contributed by atoms with Crippen molar-refractivity contribution in [1.82, 2.24) is 4.90 Å². The maximum atomic E-state index is 6.14. The lowest BCUT2D eigenvalue weighted by Gasteiger charge is -2.29. The molecule has 0 amide bonds. The summed E-state index contributed by atoms with van der Waals surface area (Å²) in [6.45, 7) is 2.22. The normalized spacial score (nSPS) is 16.8. The first-order valence-corrected chi connectivity index (χ1v) is 7.52. The Morgan fingerprint density at radius 2 is 1.67 bits per heavy atom. The highest BCUT2D eigenvalue weighted by Crippen LogP contribution is 2.27. The van der Waals surface area contributed by atoms with Gasteiger partial charge in [-0.2, -0.15) is 0 Å². The molecule has 3 rings (SSSR count). The van der Waals surface area contributed by atoms with Crippen LogP contribution in [-0.2, 0) is 0 Å². The predicted octanol–water partition coefficient (Wildman–Crippen LogP) is 3.41. The molecule has 0 aliphatic carbocycles. The summed E-state index contributed by atoms with van der Waals surface area (Å²) in [5, 5.41) is 0. The van der Waals surface area contributed by atoms with Gasteiger partial charge in [-0.3, -0.25) is 0 Å². The summed E-state index contributed by atoms with van der Waals surface area (Å²) in [5.41, 5.74) is 8.92. The van der Waals surface area contributed by atoms with Gasteiger partial charge in [-0.1, -0.05) is 24.3 Å². The number of nitrogens with two attached hydrogens (primary N) is 1. The van der Waals surface area contributed by atoms with Crippen LogP contribution in [-0.4, -0.2) is 31.1 Å². The lowest BCUT2D eigenvalue weighted by Crippen LogP contribution is -2.35. The molecule has 110 valence electrons. The van der Waals surface area contributed by atoms with Crippen molar-refractivity contribution in [3.05, 3.63) is 48.5 Å². The van der Waals surface area contributed by atoms with Crippen molar-refractivity contribution >= 4 is 5.69 Å². The van der Waals surface area contributed by atoms with E-state index in [0.29, 0.717) is 6.10 Å². The van der Waals surface area contributed by atoms with Gasteiger partial charge >= 0.3 is 0 Å². The molecule has 1 heterocycles. The molecule has 1 saturated heterocycles. The van der Waals surface area contributed by atoms with E-state index in [-0.39, 0.29) is 0 Å². The second-order valence-corrected chi connectivity index (χ2v) is 5.77. The minimum Gasteiger partial charge on any atom is -0.490 e. The summed E-state index contributed by atoms with van der Waals surface area (Å²) in [5.74, 6) is 0.949. The number of anilines is 1. The summed E-state index contributed by atoms with van der Waals surface area (Å²) in [7, 11) is 2.16. The van der Waals surface area contributed by atoms with Gasteiger partial charge in [-0.15, -0.1) is 0 Å². The van der Waals surface area contributed by atoms with Crippen LogP contribution < -0.4 is 10.5 Å². The van der Waals surface area contributed by atoms with Crippen molar-refractivity contribution < 1.29 is 4.74 Å². The number of benzene rings is 2. The Morgan fingerprint density at radius 3 is 2.38 bits per heavy atom. The third kappa shape index (κ3) is 3.56. The summed E-state index contributed by atoms with van der Waals surface area (Å²) in [6.07, 6.45) is 2.52. The van der Waals surface area contributed by atoms with Crippen LogP contribution in [0.4, 0.5) is 5.69 Å². The van der Waals surface area contributed by atoms with Crippen LogP contribution in [0.1, 0.15) is 12.8 Å². The van der Waals surface area contributed by atoms with Gasteiger partial charge in [-0.25, -0.2) is 0 Å². The first kappa shape index (κ1) is 14.0. The molecule has 0 unspecified atom stereocenters. The topological polar surface area (TPSA) is 38.5 Å². The lowest BCUT2D eigenvalue weighted by molar-refractivity contribution is 0.114. The number of hydrogen-bond donors (Lipinski definition) is 1. The van der Waals surface area contributed by atoms with E-state index in [1.165, 1.54) is 0 Å². The summed E-state index contributed by atoms with van der Waals surface area (Å²) in [6, 6.07) is 16.2. The molecule has 0 saturated carbocycles. The van der Waals surface area contributed by atoms with Gasteiger partial charge < -0.3 is 15.4 Å². The molecule has 1 aliphatic rings. The highest BCUT2D eigenvalue weighted by molar-refractivity contribution is 5.68. The van der Waals surface area contributed by atoms with Crippen LogP contribution in [0.5, 0.6) is 5.75 Å². The Morgan fingerprint density at radius 1 is 1.00 bits per heavy atom. The molecule has 2 aromatic rings. The number of likely N-dealkylation sites (tertiary alicyclic amines) is 1. The smallest absolute Gasteiger partial charge is 0.120 e. The highest BCUT2D eigenvalue weighted by Gasteiger charge is 2.18. The number of piperidine rings is 1. The molecule has 0 bridgehead atoms. The van der Waals surface area contributed by atoms with Gasteiger partial charge in [0.25, 0.3) is 0 Å². The van der Waals surface area contributed by atoms with E-state index in [4.69, 9.17) is 10.5 Å². The van der Waals surface area contributed by atoms with Crippen LogP contribution in [0, 0.1) is 0 Å². The number of nitrogen functional groups attached to an aromatic ring is 1. The van der Waals surface area contributed by atoms with E-state index in [0.717, 1.165) is 48.5 Å². The molecule has 2 aromatic carbocycles. The van der Waals surface area contributed by atoms with Gasteiger partial charge in [0.15, 0.2) is 0 Å². The fourth-order valence-corrected chi connectivity index (χ4v) is 2.76. The van der Waals surface area contributed by atoms with E-state index < -0.39 is 0 Å². The van der Waals surface area contributed by atoms with Crippen LogP contribution >= 0.6 is 0 Å². The Labute approximate surface area is 126 Å². The largest absolute Gasteiger partial charge is 0.490 e. The molecule has 1 fully saturated rings. The third-order valence-corrected chi connectivity index (χ3v) is 4.02. The third-order valence-electron chi connectivity index (χ3n) is 4.02. The van der Waals surface area contributed by atoms with E-state index >= 15 is 0 Å². The molecule has 1 aliphatic heterocycles. The second kappa shape index (κ2) is 6.19. The molecule has 0 spiro atoms. The van der Waals surface area contributed by atoms with Gasteiger partial charge in [0.2, 0.25) is 0 Å². The Bertz CT molecular complexity index is 604. The second-order valence-electron chi connectivity index (χ2n) is 5.77. The minimum atomic E-state index is 0.331. The van der Waals surface area contributed by atoms with Gasteiger partial charge in [0, 0.05) is 18.8 Å². The van der Waals surface area contributed by atoms with E-state index in [9.17, 15) is 0 Å². The molecular weight excluding hydrogens is 260 g/mol. The van der Waals surface area contributed by atoms with Crippen LogP contribution in [0.3, 0.4) is 0 Å². The maximum Gasteiger partial charge on any atom is 0.120 e. The highest BCUT2D eigenvalue weighted by atomic mass is 16.5. The van der Waals surface area contributed by atoms with Crippen molar-refractivity contribution in [1.29, 1.82) is 0 Å². The zero-order valence-electron chi connectivity index (χ0n) is 12.5. The number of ether oxygens (including phenoxy) is 1. The number of hydrogen-bond acceptors (Lipinski definition) is 3. The van der Waals surface area contributed by atoms with Crippen molar-refractivity contribution in [3.8, 4) is 16.9 Å². The molecule has 3 heteroatoms.